The zero-order valence-corrected chi connectivity index (χ0v) is 8.63. The number of allylic oxidation sites excluding steroid dienone is 1. The van der Waals surface area contributed by atoms with Gasteiger partial charge in [0, 0.05) is 0 Å². The van der Waals surface area contributed by atoms with Gasteiger partial charge in [0.2, 0.25) is 0 Å². The molecular formula is C11H23NO. The van der Waals surface area contributed by atoms with Crippen molar-refractivity contribution in [2.24, 2.45) is 5.90 Å². The molecule has 0 aromatic heterocycles. The largest absolute Gasteiger partial charge is 0.305 e. The normalized spacial score (nSPS) is 10.2. The number of rotatable bonds is 10. The summed E-state index contributed by atoms with van der Waals surface area (Å²) >= 11 is 0. The van der Waals surface area contributed by atoms with Gasteiger partial charge in [0.25, 0.3) is 0 Å². The molecular weight excluding hydrogens is 162 g/mol. The van der Waals surface area contributed by atoms with E-state index in [1.165, 1.54) is 44.9 Å². The maximum absolute atomic E-state index is 4.91. The second kappa shape index (κ2) is 11.7. The van der Waals surface area contributed by atoms with Gasteiger partial charge >= 0.3 is 0 Å². The van der Waals surface area contributed by atoms with E-state index < -0.39 is 0 Å². The summed E-state index contributed by atoms with van der Waals surface area (Å²) in [6.07, 6.45) is 12.2. The van der Waals surface area contributed by atoms with E-state index in [1.54, 1.807) is 0 Å². The Hall–Kier alpha value is -0.340. The molecule has 0 bridgehead atoms. The topological polar surface area (TPSA) is 35.2 Å². The average molecular weight is 185 g/mol. The maximum Gasteiger partial charge on any atom is 0.0679 e. The van der Waals surface area contributed by atoms with Crippen LogP contribution in [0.4, 0.5) is 0 Å². The third-order valence-electron chi connectivity index (χ3n) is 2.17. The number of hydrogen-bond acceptors (Lipinski definition) is 2. The lowest BCUT2D eigenvalue weighted by Gasteiger charge is -2.00. The van der Waals surface area contributed by atoms with Crippen LogP contribution in [0.2, 0.25) is 0 Å². The van der Waals surface area contributed by atoms with Crippen LogP contribution < -0.4 is 5.90 Å². The van der Waals surface area contributed by atoms with Crippen LogP contribution in [-0.4, -0.2) is 6.61 Å². The van der Waals surface area contributed by atoms with Crippen molar-refractivity contribution in [3.8, 4) is 0 Å². The van der Waals surface area contributed by atoms with Crippen LogP contribution in [0.25, 0.3) is 0 Å². The van der Waals surface area contributed by atoms with Gasteiger partial charge in [-0.05, 0) is 19.3 Å². The first kappa shape index (κ1) is 12.7. The van der Waals surface area contributed by atoms with Gasteiger partial charge < -0.3 is 4.84 Å². The van der Waals surface area contributed by atoms with Gasteiger partial charge in [-0.1, -0.05) is 38.2 Å². The Balaban J connectivity index is 2.79. The first-order valence-corrected chi connectivity index (χ1v) is 5.34. The fourth-order valence-electron chi connectivity index (χ4n) is 1.36. The highest BCUT2D eigenvalue weighted by atomic mass is 16.6. The van der Waals surface area contributed by atoms with E-state index in [0.717, 1.165) is 6.42 Å². The average Bonchev–Trinajstić information content (AvgIpc) is 2.16. The van der Waals surface area contributed by atoms with Crippen molar-refractivity contribution in [1.29, 1.82) is 0 Å². The molecule has 0 radical (unpaired) electrons. The van der Waals surface area contributed by atoms with Crippen LogP contribution in [0, 0.1) is 0 Å². The zero-order chi connectivity index (χ0) is 9.78. The highest BCUT2D eigenvalue weighted by Crippen LogP contribution is 2.08. The molecule has 0 heterocycles. The summed E-state index contributed by atoms with van der Waals surface area (Å²) in [4.78, 5) is 4.49. The standard InChI is InChI=1S/C11H23NO/c1-2-3-4-5-6-7-8-9-10-11-13-12/h2H,1,3-12H2. The summed E-state index contributed by atoms with van der Waals surface area (Å²) < 4.78 is 0. The van der Waals surface area contributed by atoms with E-state index in [9.17, 15) is 0 Å². The molecule has 0 aromatic rings. The van der Waals surface area contributed by atoms with Gasteiger partial charge in [-0.3, -0.25) is 0 Å². The van der Waals surface area contributed by atoms with Crippen LogP contribution in [0.15, 0.2) is 12.7 Å². The lowest BCUT2D eigenvalue weighted by molar-refractivity contribution is 0.133. The molecule has 2 N–H and O–H groups in total. The van der Waals surface area contributed by atoms with Crippen LogP contribution in [0.5, 0.6) is 0 Å². The van der Waals surface area contributed by atoms with Crippen LogP contribution in [0.1, 0.15) is 51.4 Å². The molecule has 2 heteroatoms. The number of hydrogen-bond donors (Lipinski definition) is 1. The van der Waals surface area contributed by atoms with E-state index in [-0.39, 0.29) is 0 Å². The van der Waals surface area contributed by atoms with Crippen molar-refractivity contribution in [3.05, 3.63) is 12.7 Å². The SMILES string of the molecule is C=CCCCCCCCCCON. The summed E-state index contributed by atoms with van der Waals surface area (Å²) in [5, 5.41) is 0. The Morgan fingerprint density at radius 1 is 0.923 bits per heavy atom. The van der Waals surface area contributed by atoms with E-state index >= 15 is 0 Å². The third kappa shape index (κ3) is 11.7. The minimum absolute atomic E-state index is 0.705. The first-order valence-electron chi connectivity index (χ1n) is 5.34. The van der Waals surface area contributed by atoms with Gasteiger partial charge in [-0.2, -0.15) is 0 Å². The molecule has 0 rings (SSSR count). The summed E-state index contributed by atoms with van der Waals surface area (Å²) in [6, 6.07) is 0. The Bertz CT molecular complexity index is 104. The van der Waals surface area contributed by atoms with Crippen LogP contribution in [0.3, 0.4) is 0 Å². The monoisotopic (exact) mass is 185 g/mol. The zero-order valence-electron chi connectivity index (χ0n) is 8.63. The Kier molecular flexibility index (Phi) is 11.4. The summed E-state index contributed by atoms with van der Waals surface area (Å²) in [5.74, 6) is 4.91. The molecule has 0 spiro atoms. The Morgan fingerprint density at radius 2 is 1.46 bits per heavy atom. The van der Waals surface area contributed by atoms with Gasteiger partial charge in [-0.15, -0.1) is 6.58 Å². The van der Waals surface area contributed by atoms with Gasteiger partial charge in [0.05, 0.1) is 6.61 Å². The van der Waals surface area contributed by atoms with Crippen molar-refractivity contribution in [3.63, 3.8) is 0 Å². The maximum atomic E-state index is 4.91. The molecule has 0 amide bonds. The van der Waals surface area contributed by atoms with Gasteiger partial charge in [0.1, 0.15) is 0 Å². The molecule has 2 nitrogen and oxygen atoms in total. The Labute approximate surface area is 82.1 Å². The van der Waals surface area contributed by atoms with E-state index in [2.05, 4.69) is 11.4 Å². The molecule has 78 valence electrons. The minimum Gasteiger partial charge on any atom is -0.305 e. The fraction of sp³-hybridized carbons (Fsp3) is 0.818. The lowest BCUT2D eigenvalue weighted by atomic mass is 10.1. The fourth-order valence-corrected chi connectivity index (χ4v) is 1.36. The molecule has 0 saturated heterocycles. The molecule has 0 fully saturated rings. The smallest absolute Gasteiger partial charge is 0.0679 e. The Morgan fingerprint density at radius 3 is 2.00 bits per heavy atom. The van der Waals surface area contributed by atoms with Crippen LogP contribution in [-0.2, 0) is 4.84 Å². The highest BCUT2D eigenvalue weighted by molar-refractivity contribution is 4.65. The molecule has 0 aromatic carbocycles. The summed E-state index contributed by atoms with van der Waals surface area (Å²) in [6.45, 7) is 4.41. The van der Waals surface area contributed by atoms with Crippen molar-refractivity contribution in [1.82, 2.24) is 0 Å². The third-order valence-corrected chi connectivity index (χ3v) is 2.17. The van der Waals surface area contributed by atoms with E-state index in [1.807, 2.05) is 6.08 Å². The summed E-state index contributed by atoms with van der Waals surface area (Å²) in [5.41, 5.74) is 0. The predicted octanol–water partition coefficient (Wildman–Crippen LogP) is 3.18. The van der Waals surface area contributed by atoms with Crippen molar-refractivity contribution >= 4 is 0 Å². The minimum atomic E-state index is 0.705. The highest BCUT2D eigenvalue weighted by Gasteiger charge is 1.90. The molecule has 0 aliphatic rings. The van der Waals surface area contributed by atoms with Crippen molar-refractivity contribution in [2.45, 2.75) is 51.4 Å². The van der Waals surface area contributed by atoms with Crippen molar-refractivity contribution < 1.29 is 4.84 Å². The van der Waals surface area contributed by atoms with Gasteiger partial charge in [-0.25, -0.2) is 5.90 Å². The predicted molar refractivity (Wildman–Crippen MR) is 57.3 cm³/mol. The molecule has 13 heavy (non-hydrogen) atoms. The molecule has 0 atom stereocenters. The van der Waals surface area contributed by atoms with Crippen molar-refractivity contribution in [2.75, 3.05) is 6.61 Å². The second-order valence-corrected chi connectivity index (χ2v) is 3.42. The number of unbranched alkanes of at least 4 members (excludes halogenated alkanes) is 7. The molecule has 0 aliphatic heterocycles. The second-order valence-electron chi connectivity index (χ2n) is 3.42. The lowest BCUT2D eigenvalue weighted by Crippen LogP contribution is -2.00. The van der Waals surface area contributed by atoms with Gasteiger partial charge in [0.15, 0.2) is 0 Å². The van der Waals surface area contributed by atoms with E-state index in [4.69, 9.17) is 5.90 Å². The molecule has 0 aliphatic carbocycles. The molecule has 0 unspecified atom stereocenters. The quantitative estimate of drug-likeness (QED) is 0.322. The van der Waals surface area contributed by atoms with E-state index in [0.29, 0.717) is 6.61 Å². The van der Waals surface area contributed by atoms with Crippen LogP contribution >= 0.6 is 0 Å². The number of nitrogens with two attached hydrogens (primary N) is 1. The molecule has 0 saturated carbocycles. The first-order chi connectivity index (χ1) is 6.41. The summed E-state index contributed by atoms with van der Waals surface area (Å²) in [7, 11) is 0.